The van der Waals surface area contributed by atoms with Gasteiger partial charge in [0.15, 0.2) is 5.65 Å². The van der Waals surface area contributed by atoms with Crippen molar-refractivity contribution in [3.8, 4) is 11.6 Å². The number of aryl methyl sites for hydroxylation is 1. The second-order valence-corrected chi connectivity index (χ2v) is 5.87. The van der Waals surface area contributed by atoms with E-state index in [9.17, 15) is 10.1 Å². The molecule has 0 aliphatic heterocycles. The number of benzene rings is 2. The molecular weight excluding hydrogens is 344 g/mol. The molecule has 0 bridgehead atoms. The molecule has 8 heteroatoms. The summed E-state index contributed by atoms with van der Waals surface area (Å²) in [6.07, 6.45) is 0. The number of nitrogens with zero attached hydrogens (tertiary/aromatic N) is 4. The van der Waals surface area contributed by atoms with Gasteiger partial charge in [-0.2, -0.15) is 10.1 Å². The molecule has 124 valence electrons. The Bertz CT molecular complexity index is 1140. The molecule has 0 saturated heterocycles. The van der Waals surface area contributed by atoms with Crippen LogP contribution in [0, 0.1) is 17.0 Å². The van der Waals surface area contributed by atoms with E-state index in [1.807, 2.05) is 37.3 Å². The summed E-state index contributed by atoms with van der Waals surface area (Å²) in [7, 11) is 0. The van der Waals surface area contributed by atoms with E-state index in [-0.39, 0.29) is 10.7 Å². The number of para-hydroxylation sites is 1. The molecule has 2 aromatic heterocycles. The van der Waals surface area contributed by atoms with Crippen molar-refractivity contribution in [1.82, 2.24) is 14.6 Å². The first kappa shape index (κ1) is 15.3. The lowest BCUT2D eigenvalue weighted by molar-refractivity contribution is -0.384. The predicted molar refractivity (Wildman–Crippen MR) is 93.4 cm³/mol. The number of aromatic nitrogens is 3. The SMILES string of the molecule is Cc1cc2nc(Oc3ccc([N+](=O)[O-])cc3Cl)c3ccccc3n2n1. The van der Waals surface area contributed by atoms with Crippen LogP contribution in [0.4, 0.5) is 5.69 Å². The van der Waals surface area contributed by atoms with E-state index >= 15 is 0 Å². The van der Waals surface area contributed by atoms with Crippen molar-refractivity contribution in [3.05, 3.63) is 69.4 Å². The van der Waals surface area contributed by atoms with Gasteiger partial charge < -0.3 is 4.74 Å². The molecule has 2 heterocycles. The molecule has 25 heavy (non-hydrogen) atoms. The van der Waals surface area contributed by atoms with Crippen molar-refractivity contribution < 1.29 is 9.66 Å². The number of nitro groups is 1. The minimum Gasteiger partial charge on any atom is -0.437 e. The third-order valence-corrected chi connectivity index (χ3v) is 4.02. The normalized spacial score (nSPS) is 11.1. The topological polar surface area (TPSA) is 82.6 Å². The first-order chi connectivity index (χ1) is 12.0. The van der Waals surface area contributed by atoms with E-state index in [1.54, 1.807) is 4.52 Å². The van der Waals surface area contributed by atoms with Gasteiger partial charge in [0, 0.05) is 18.2 Å². The Hall–Kier alpha value is -3.19. The lowest BCUT2D eigenvalue weighted by Gasteiger charge is -2.10. The average molecular weight is 355 g/mol. The maximum Gasteiger partial charge on any atom is 0.271 e. The maximum atomic E-state index is 10.8. The molecule has 0 atom stereocenters. The number of ether oxygens (including phenoxy) is 1. The van der Waals surface area contributed by atoms with Crippen LogP contribution in [0.1, 0.15) is 5.69 Å². The molecule has 0 N–H and O–H groups in total. The second-order valence-electron chi connectivity index (χ2n) is 5.46. The molecule has 0 spiro atoms. The van der Waals surface area contributed by atoms with E-state index in [2.05, 4.69) is 10.1 Å². The molecule has 0 saturated carbocycles. The third-order valence-electron chi connectivity index (χ3n) is 3.72. The summed E-state index contributed by atoms with van der Waals surface area (Å²) in [5, 5.41) is 16.2. The summed E-state index contributed by atoms with van der Waals surface area (Å²) in [4.78, 5) is 14.8. The minimum atomic E-state index is -0.510. The van der Waals surface area contributed by atoms with Crippen LogP contribution in [0.25, 0.3) is 16.6 Å². The number of nitro benzene ring substituents is 1. The van der Waals surface area contributed by atoms with Crippen molar-refractivity contribution in [3.63, 3.8) is 0 Å². The molecule has 7 nitrogen and oxygen atoms in total. The van der Waals surface area contributed by atoms with Crippen molar-refractivity contribution in [1.29, 1.82) is 0 Å². The van der Waals surface area contributed by atoms with Crippen LogP contribution >= 0.6 is 11.6 Å². The van der Waals surface area contributed by atoms with Crippen LogP contribution in [-0.2, 0) is 0 Å². The smallest absolute Gasteiger partial charge is 0.271 e. The van der Waals surface area contributed by atoms with E-state index in [1.165, 1.54) is 18.2 Å². The summed E-state index contributed by atoms with van der Waals surface area (Å²) < 4.78 is 7.61. The fourth-order valence-corrected chi connectivity index (χ4v) is 2.83. The summed E-state index contributed by atoms with van der Waals surface area (Å²) in [6, 6.07) is 13.5. The number of non-ortho nitro benzene ring substituents is 1. The highest BCUT2D eigenvalue weighted by atomic mass is 35.5. The van der Waals surface area contributed by atoms with E-state index < -0.39 is 4.92 Å². The molecule has 0 fully saturated rings. The van der Waals surface area contributed by atoms with Gasteiger partial charge >= 0.3 is 0 Å². The minimum absolute atomic E-state index is 0.1000. The van der Waals surface area contributed by atoms with Crippen molar-refractivity contribution in [2.24, 2.45) is 0 Å². The van der Waals surface area contributed by atoms with Crippen LogP contribution in [0.2, 0.25) is 5.02 Å². The third kappa shape index (κ3) is 2.64. The first-order valence-corrected chi connectivity index (χ1v) is 7.77. The Kier molecular flexibility index (Phi) is 3.51. The Labute approximate surface area is 146 Å². The van der Waals surface area contributed by atoms with Crippen LogP contribution in [0.5, 0.6) is 11.6 Å². The van der Waals surface area contributed by atoms with Crippen molar-refractivity contribution >= 4 is 33.8 Å². The van der Waals surface area contributed by atoms with Crippen molar-refractivity contribution in [2.75, 3.05) is 0 Å². The Morgan fingerprint density at radius 3 is 2.76 bits per heavy atom. The molecular formula is C17H11ClN4O3. The zero-order valence-corrected chi connectivity index (χ0v) is 13.8. The first-order valence-electron chi connectivity index (χ1n) is 7.40. The standard InChI is InChI=1S/C17H11ClN4O3/c1-10-8-16-19-17(12-4-2-3-5-14(12)21(16)20-10)25-15-7-6-11(22(23)24)9-13(15)18/h2-9H,1H3. The number of hydrogen-bond donors (Lipinski definition) is 0. The largest absolute Gasteiger partial charge is 0.437 e. The van der Waals surface area contributed by atoms with Crippen LogP contribution < -0.4 is 4.74 Å². The van der Waals surface area contributed by atoms with Gasteiger partial charge in [-0.1, -0.05) is 23.7 Å². The number of hydrogen-bond acceptors (Lipinski definition) is 5. The highest BCUT2D eigenvalue weighted by Crippen LogP contribution is 2.34. The fourth-order valence-electron chi connectivity index (χ4n) is 2.61. The highest BCUT2D eigenvalue weighted by Gasteiger charge is 2.15. The summed E-state index contributed by atoms with van der Waals surface area (Å²) in [6.45, 7) is 1.89. The van der Waals surface area contributed by atoms with Gasteiger partial charge in [0.1, 0.15) is 5.75 Å². The Morgan fingerprint density at radius 1 is 1.20 bits per heavy atom. The molecule has 0 aliphatic carbocycles. The summed E-state index contributed by atoms with van der Waals surface area (Å²) in [5.74, 6) is 0.657. The van der Waals surface area contributed by atoms with Crippen LogP contribution in [0.3, 0.4) is 0 Å². The van der Waals surface area contributed by atoms with E-state index in [0.29, 0.717) is 17.3 Å². The number of rotatable bonds is 3. The lowest BCUT2D eigenvalue weighted by atomic mass is 10.2. The molecule has 2 aromatic carbocycles. The summed E-state index contributed by atoms with van der Waals surface area (Å²) >= 11 is 6.12. The van der Waals surface area contributed by atoms with Gasteiger partial charge in [-0.15, -0.1) is 0 Å². The monoisotopic (exact) mass is 354 g/mol. The number of fused-ring (bicyclic) bond motifs is 3. The average Bonchev–Trinajstić information content (AvgIpc) is 2.97. The molecule has 0 aliphatic rings. The van der Waals surface area contributed by atoms with Gasteiger partial charge in [0.25, 0.3) is 5.69 Å². The van der Waals surface area contributed by atoms with Gasteiger partial charge in [-0.25, -0.2) is 4.52 Å². The maximum absolute atomic E-state index is 10.8. The van der Waals surface area contributed by atoms with Gasteiger partial charge in [-0.3, -0.25) is 10.1 Å². The van der Waals surface area contributed by atoms with Crippen LogP contribution in [0.15, 0.2) is 48.5 Å². The zero-order chi connectivity index (χ0) is 17.6. The van der Waals surface area contributed by atoms with E-state index in [4.69, 9.17) is 16.3 Å². The summed E-state index contributed by atoms with van der Waals surface area (Å²) in [5.41, 5.74) is 2.22. The number of halogens is 1. The molecule has 0 amide bonds. The van der Waals surface area contributed by atoms with Crippen LogP contribution in [-0.4, -0.2) is 19.5 Å². The predicted octanol–water partition coefficient (Wildman–Crippen LogP) is 4.54. The molecule has 0 unspecified atom stereocenters. The lowest BCUT2D eigenvalue weighted by Crippen LogP contribution is -1.98. The Balaban J connectivity index is 1.87. The van der Waals surface area contributed by atoms with Gasteiger partial charge in [-0.05, 0) is 25.1 Å². The fraction of sp³-hybridized carbons (Fsp3) is 0.0588. The highest BCUT2D eigenvalue weighted by molar-refractivity contribution is 6.32. The Morgan fingerprint density at radius 2 is 2.00 bits per heavy atom. The van der Waals surface area contributed by atoms with Crippen molar-refractivity contribution in [2.45, 2.75) is 6.92 Å². The molecule has 4 rings (SSSR count). The zero-order valence-electron chi connectivity index (χ0n) is 13.0. The quantitative estimate of drug-likeness (QED) is 0.398. The molecule has 0 radical (unpaired) electrons. The van der Waals surface area contributed by atoms with Gasteiger partial charge in [0.2, 0.25) is 5.88 Å². The van der Waals surface area contributed by atoms with E-state index in [0.717, 1.165) is 16.6 Å². The molecule has 4 aromatic rings. The second kappa shape index (κ2) is 5.71. The van der Waals surface area contributed by atoms with Gasteiger partial charge in [0.05, 0.1) is 26.5 Å².